The van der Waals surface area contributed by atoms with Gasteiger partial charge in [0.15, 0.2) is 0 Å². The first-order valence-corrected chi connectivity index (χ1v) is 9.10. The number of morpholine rings is 1. The zero-order valence-electron chi connectivity index (χ0n) is 16.3. The Morgan fingerprint density at radius 1 is 1.18 bits per heavy atom. The zero-order valence-corrected chi connectivity index (χ0v) is 16.3. The Balaban J connectivity index is 1.83. The van der Waals surface area contributed by atoms with Crippen molar-refractivity contribution in [2.75, 3.05) is 50.2 Å². The second kappa shape index (κ2) is 8.52. The molecular weight excluding hydrogens is 366 g/mol. The van der Waals surface area contributed by atoms with Crippen LogP contribution in [0.1, 0.15) is 21.5 Å². The van der Waals surface area contributed by atoms with Crippen molar-refractivity contribution in [2.24, 2.45) is 0 Å². The lowest BCUT2D eigenvalue weighted by Gasteiger charge is -2.29. The van der Waals surface area contributed by atoms with Gasteiger partial charge in [-0.2, -0.15) is 0 Å². The number of nitrogens with one attached hydrogen (secondary N) is 1. The predicted molar refractivity (Wildman–Crippen MR) is 104 cm³/mol. The van der Waals surface area contributed by atoms with Gasteiger partial charge in [-0.15, -0.1) is 0 Å². The average molecular weight is 390 g/mol. The maximum Gasteiger partial charge on any atom is 0.255 e. The summed E-state index contributed by atoms with van der Waals surface area (Å²) in [6.45, 7) is 4.65. The number of ether oxygens (including phenoxy) is 1. The quantitative estimate of drug-likeness (QED) is 0.850. The number of amides is 1. The third-order valence-electron chi connectivity index (χ3n) is 4.55. The van der Waals surface area contributed by atoms with Crippen LogP contribution in [0.3, 0.4) is 0 Å². The van der Waals surface area contributed by atoms with Crippen molar-refractivity contribution in [1.82, 2.24) is 10.3 Å². The number of hydrogen-bond donors (Lipinski definition) is 1. The van der Waals surface area contributed by atoms with E-state index in [4.69, 9.17) is 4.74 Å². The minimum Gasteiger partial charge on any atom is -0.378 e. The number of carbonyl (C=O) groups excluding carboxylic acids is 1. The van der Waals surface area contributed by atoms with E-state index >= 15 is 0 Å². The summed E-state index contributed by atoms with van der Waals surface area (Å²) in [4.78, 5) is 21.4. The van der Waals surface area contributed by atoms with Crippen molar-refractivity contribution in [2.45, 2.75) is 13.5 Å². The van der Waals surface area contributed by atoms with Crippen LogP contribution in [0.15, 0.2) is 24.3 Å². The van der Waals surface area contributed by atoms with Crippen LogP contribution in [-0.2, 0) is 11.3 Å². The van der Waals surface area contributed by atoms with Gasteiger partial charge in [0.05, 0.1) is 18.8 Å². The molecule has 2 heterocycles. The molecule has 0 unspecified atom stereocenters. The minimum absolute atomic E-state index is 0.0189. The Kier molecular flexibility index (Phi) is 6.08. The predicted octanol–water partition coefficient (Wildman–Crippen LogP) is 2.50. The van der Waals surface area contributed by atoms with Gasteiger partial charge in [0, 0.05) is 39.8 Å². The smallest absolute Gasteiger partial charge is 0.255 e. The average Bonchev–Trinajstić information content (AvgIpc) is 2.65. The van der Waals surface area contributed by atoms with E-state index in [2.05, 4.69) is 15.2 Å². The number of aryl methyl sites for hydroxylation is 1. The monoisotopic (exact) mass is 390 g/mol. The van der Waals surface area contributed by atoms with Gasteiger partial charge in [0.1, 0.15) is 23.3 Å². The molecule has 0 radical (unpaired) electrons. The topological polar surface area (TPSA) is 57.7 Å². The minimum atomic E-state index is -0.675. The van der Waals surface area contributed by atoms with E-state index in [-0.39, 0.29) is 12.5 Å². The third kappa shape index (κ3) is 4.56. The summed E-state index contributed by atoms with van der Waals surface area (Å²) in [6, 6.07) is 5.08. The molecule has 2 aromatic rings. The normalized spacial score (nSPS) is 14.1. The van der Waals surface area contributed by atoms with E-state index in [1.165, 1.54) is 12.1 Å². The highest BCUT2D eigenvalue weighted by atomic mass is 19.1. The Morgan fingerprint density at radius 3 is 2.43 bits per heavy atom. The van der Waals surface area contributed by atoms with Gasteiger partial charge in [-0.05, 0) is 36.2 Å². The van der Waals surface area contributed by atoms with Crippen LogP contribution in [0.4, 0.5) is 20.4 Å². The summed E-state index contributed by atoms with van der Waals surface area (Å²) in [5.74, 6) is -0.346. The van der Waals surface area contributed by atoms with Crippen LogP contribution in [0, 0.1) is 18.6 Å². The maximum atomic E-state index is 13.3. The summed E-state index contributed by atoms with van der Waals surface area (Å²) < 4.78 is 32.1. The highest BCUT2D eigenvalue weighted by Gasteiger charge is 2.22. The Morgan fingerprint density at radius 2 is 1.82 bits per heavy atom. The molecule has 0 saturated carbocycles. The second-order valence-corrected chi connectivity index (χ2v) is 6.95. The Labute approximate surface area is 163 Å². The molecular formula is C20H24F2N4O2. The molecule has 1 aliphatic rings. The fourth-order valence-corrected chi connectivity index (χ4v) is 3.18. The van der Waals surface area contributed by atoms with Crippen LogP contribution in [0.25, 0.3) is 0 Å². The molecule has 1 aliphatic heterocycles. The van der Waals surface area contributed by atoms with Gasteiger partial charge < -0.3 is 19.9 Å². The number of carbonyl (C=O) groups is 1. The largest absolute Gasteiger partial charge is 0.378 e. The summed E-state index contributed by atoms with van der Waals surface area (Å²) in [6.07, 6.45) is 0. The first-order valence-electron chi connectivity index (χ1n) is 9.10. The molecule has 0 spiro atoms. The van der Waals surface area contributed by atoms with Crippen molar-refractivity contribution in [3.8, 4) is 0 Å². The van der Waals surface area contributed by atoms with Gasteiger partial charge >= 0.3 is 0 Å². The lowest BCUT2D eigenvalue weighted by molar-refractivity contribution is 0.0950. The van der Waals surface area contributed by atoms with E-state index < -0.39 is 11.6 Å². The SMILES string of the molecule is Cc1cc(N2CCOCC2)nc(N(C)C)c1C(=O)NCc1cc(F)cc(F)c1. The molecule has 150 valence electrons. The lowest BCUT2D eigenvalue weighted by atomic mass is 10.1. The molecule has 0 aliphatic carbocycles. The van der Waals surface area contributed by atoms with E-state index in [0.29, 0.717) is 30.2 Å². The van der Waals surface area contributed by atoms with Gasteiger partial charge in [0.25, 0.3) is 5.91 Å². The van der Waals surface area contributed by atoms with Crippen molar-refractivity contribution < 1.29 is 18.3 Å². The summed E-state index contributed by atoms with van der Waals surface area (Å²) in [5, 5.41) is 2.73. The number of hydrogen-bond acceptors (Lipinski definition) is 5. The molecule has 0 atom stereocenters. The number of aromatic nitrogens is 1. The molecule has 1 aromatic carbocycles. The third-order valence-corrected chi connectivity index (χ3v) is 4.55. The fraction of sp³-hybridized carbons (Fsp3) is 0.400. The number of pyridine rings is 1. The van der Waals surface area contributed by atoms with Crippen LogP contribution in [0.2, 0.25) is 0 Å². The van der Waals surface area contributed by atoms with E-state index in [1.807, 2.05) is 27.1 Å². The van der Waals surface area contributed by atoms with Crippen molar-refractivity contribution >= 4 is 17.5 Å². The molecule has 0 bridgehead atoms. The molecule has 3 rings (SSSR count). The first-order chi connectivity index (χ1) is 13.3. The van der Waals surface area contributed by atoms with Crippen LogP contribution < -0.4 is 15.1 Å². The summed E-state index contributed by atoms with van der Waals surface area (Å²) >= 11 is 0. The number of rotatable bonds is 5. The summed E-state index contributed by atoms with van der Waals surface area (Å²) in [7, 11) is 3.65. The van der Waals surface area contributed by atoms with Gasteiger partial charge in [0.2, 0.25) is 0 Å². The van der Waals surface area contributed by atoms with Crippen LogP contribution >= 0.6 is 0 Å². The number of nitrogens with zero attached hydrogens (tertiary/aromatic N) is 3. The van der Waals surface area contributed by atoms with Crippen molar-refractivity contribution in [1.29, 1.82) is 0 Å². The fourth-order valence-electron chi connectivity index (χ4n) is 3.18. The maximum absolute atomic E-state index is 13.3. The van der Waals surface area contributed by atoms with E-state index in [1.54, 1.807) is 4.90 Å². The molecule has 1 saturated heterocycles. The molecule has 1 aromatic heterocycles. The lowest BCUT2D eigenvalue weighted by Crippen LogP contribution is -2.37. The van der Waals surface area contributed by atoms with Crippen molar-refractivity contribution in [3.05, 3.63) is 52.6 Å². The molecule has 8 heteroatoms. The molecule has 28 heavy (non-hydrogen) atoms. The van der Waals surface area contributed by atoms with E-state index in [0.717, 1.165) is 30.5 Å². The highest BCUT2D eigenvalue weighted by Crippen LogP contribution is 2.26. The van der Waals surface area contributed by atoms with Crippen molar-refractivity contribution in [3.63, 3.8) is 0 Å². The van der Waals surface area contributed by atoms with Crippen LogP contribution in [0.5, 0.6) is 0 Å². The number of benzene rings is 1. The Bertz CT molecular complexity index is 847. The second-order valence-electron chi connectivity index (χ2n) is 6.95. The highest BCUT2D eigenvalue weighted by molar-refractivity contribution is 6.00. The van der Waals surface area contributed by atoms with E-state index in [9.17, 15) is 13.6 Å². The van der Waals surface area contributed by atoms with Gasteiger partial charge in [-0.3, -0.25) is 4.79 Å². The van der Waals surface area contributed by atoms with Gasteiger partial charge in [-0.25, -0.2) is 13.8 Å². The molecule has 6 nitrogen and oxygen atoms in total. The van der Waals surface area contributed by atoms with Crippen LogP contribution in [-0.4, -0.2) is 51.3 Å². The number of halogens is 2. The number of anilines is 2. The molecule has 1 amide bonds. The Hall–Kier alpha value is -2.74. The standard InChI is InChI=1S/C20H24F2N4O2/c1-13-8-17(26-4-6-28-7-5-26)24-19(25(2)3)18(13)20(27)23-12-14-9-15(21)11-16(22)10-14/h8-11H,4-7,12H2,1-3H3,(H,23,27). The molecule has 1 N–H and O–H groups in total. The molecule has 1 fully saturated rings. The summed E-state index contributed by atoms with van der Waals surface area (Å²) in [5.41, 5.74) is 1.58. The van der Waals surface area contributed by atoms with Gasteiger partial charge in [-0.1, -0.05) is 0 Å². The zero-order chi connectivity index (χ0) is 20.3. The first kappa shape index (κ1) is 20.0.